The number of pyridine rings is 1. The highest BCUT2D eigenvalue weighted by Crippen LogP contribution is 2.36. The Bertz CT molecular complexity index is 1080. The molecule has 1 saturated heterocycles. The lowest BCUT2D eigenvalue weighted by Crippen LogP contribution is -2.28. The summed E-state index contributed by atoms with van der Waals surface area (Å²) in [6.07, 6.45) is 1.82. The fourth-order valence-corrected chi connectivity index (χ4v) is 3.56. The minimum absolute atomic E-state index is 0.129. The molecule has 0 radical (unpaired) electrons. The molecule has 7 nitrogen and oxygen atoms in total. The summed E-state index contributed by atoms with van der Waals surface area (Å²) in [6, 6.07) is 14.7. The topological polar surface area (TPSA) is 80.8 Å². The van der Waals surface area contributed by atoms with E-state index in [0.717, 1.165) is 10.9 Å². The van der Waals surface area contributed by atoms with E-state index in [1.807, 2.05) is 30.3 Å². The smallest absolute Gasteiger partial charge is 0.229 e. The minimum Gasteiger partial charge on any atom is -0.497 e. The molecule has 7 heteroatoms. The Hall–Kier alpha value is -3.61. The highest BCUT2D eigenvalue weighted by molar-refractivity contribution is 6.06. The maximum absolute atomic E-state index is 12.9. The van der Waals surface area contributed by atoms with Crippen LogP contribution in [0.15, 0.2) is 54.7 Å². The van der Waals surface area contributed by atoms with Gasteiger partial charge in [-0.1, -0.05) is 18.2 Å². The van der Waals surface area contributed by atoms with E-state index in [2.05, 4.69) is 10.3 Å². The van der Waals surface area contributed by atoms with Crippen molar-refractivity contribution >= 4 is 34.1 Å². The Kier molecular flexibility index (Phi) is 5.03. The molecule has 3 aromatic rings. The van der Waals surface area contributed by atoms with Gasteiger partial charge in [0, 0.05) is 30.6 Å². The van der Waals surface area contributed by atoms with E-state index in [9.17, 15) is 9.59 Å². The summed E-state index contributed by atoms with van der Waals surface area (Å²) in [6.45, 7) is 0.270. The fourth-order valence-electron chi connectivity index (χ4n) is 3.56. The summed E-state index contributed by atoms with van der Waals surface area (Å²) in [5.74, 6) is 0.354. The van der Waals surface area contributed by atoms with E-state index < -0.39 is 5.92 Å². The molecule has 0 saturated carbocycles. The van der Waals surface area contributed by atoms with Crippen molar-refractivity contribution in [2.24, 2.45) is 5.92 Å². The van der Waals surface area contributed by atoms with Crippen molar-refractivity contribution in [1.29, 1.82) is 0 Å². The summed E-state index contributed by atoms with van der Waals surface area (Å²) < 4.78 is 10.7. The van der Waals surface area contributed by atoms with Gasteiger partial charge in [-0.3, -0.25) is 14.6 Å². The average molecular weight is 391 g/mol. The molecular weight excluding hydrogens is 370 g/mol. The number of ether oxygens (including phenoxy) is 2. The first-order chi connectivity index (χ1) is 14.1. The number of nitrogens with zero attached hydrogens (tertiary/aromatic N) is 2. The largest absolute Gasteiger partial charge is 0.497 e. The lowest BCUT2D eigenvalue weighted by molar-refractivity contribution is -0.122. The maximum atomic E-state index is 12.9. The fraction of sp³-hybridized carbons (Fsp3) is 0.227. The van der Waals surface area contributed by atoms with Gasteiger partial charge in [-0.2, -0.15) is 0 Å². The highest BCUT2D eigenvalue weighted by atomic mass is 16.5. The van der Waals surface area contributed by atoms with Gasteiger partial charge in [-0.25, -0.2) is 0 Å². The van der Waals surface area contributed by atoms with Gasteiger partial charge in [0.25, 0.3) is 0 Å². The molecule has 0 aliphatic carbocycles. The van der Waals surface area contributed by atoms with Gasteiger partial charge < -0.3 is 19.7 Å². The van der Waals surface area contributed by atoms with Crippen molar-refractivity contribution in [2.45, 2.75) is 6.42 Å². The minimum atomic E-state index is -0.475. The SMILES string of the molecule is COc1ccc(OC)c(N2CC(C(=O)Nc3cccc4cccnc34)CC2=O)c1. The molecule has 1 N–H and O–H groups in total. The first-order valence-corrected chi connectivity index (χ1v) is 9.27. The molecule has 1 atom stereocenters. The molecule has 1 fully saturated rings. The van der Waals surface area contributed by atoms with Crippen molar-refractivity contribution < 1.29 is 19.1 Å². The van der Waals surface area contributed by atoms with E-state index in [1.165, 1.54) is 0 Å². The van der Waals surface area contributed by atoms with Crippen molar-refractivity contribution in [3.05, 3.63) is 54.7 Å². The molecule has 2 amide bonds. The van der Waals surface area contributed by atoms with Crippen LogP contribution in [0.5, 0.6) is 11.5 Å². The van der Waals surface area contributed by atoms with Gasteiger partial charge in [-0.15, -0.1) is 0 Å². The van der Waals surface area contributed by atoms with E-state index in [1.54, 1.807) is 43.5 Å². The zero-order valence-corrected chi connectivity index (χ0v) is 16.2. The first kappa shape index (κ1) is 18.7. The van der Waals surface area contributed by atoms with Gasteiger partial charge in [-0.05, 0) is 24.3 Å². The Morgan fingerprint density at radius 2 is 1.97 bits per heavy atom. The van der Waals surface area contributed by atoms with Gasteiger partial charge in [0.15, 0.2) is 0 Å². The predicted octanol–water partition coefficient (Wildman–Crippen LogP) is 3.24. The van der Waals surface area contributed by atoms with E-state index in [-0.39, 0.29) is 24.8 Å². The molecular formula is C22H21N3O4. The summed E-state index contributed by atoms with van der Waals surface area (Å²) in [5, 5.41) is 3.87. The standard InChI is InChI=1S/C22H21N3O4/c1-28-16-8-9-19(29-2)18(12-16)25-13-15(11-20(25)26)22(27)24-17-7-3-5-14-6-4-10-23-21(14)17/h3-10,12,15H,11,13H2,1-2H3,(H,24,27). The third-order valence-corrected chi connectivity index (χ3v) is 5.06. The van der Waals surface area contributed by atoms with Crippen LogP contribution in [0, 0.1) is 5.92 Å². The number of rotatable bonds is 5. The molecule has 148 valence electrons. The number of fused-ring (bicyclic) bond motifs is 1. The quantitative estimate of drug-likeness (QED) is 0.722. The Balaban J connectivity index is 1.56. The molecule has 1 aromatic heterocycles. The van der Waals surface area contributed by atoms with Gasteiger partial charge in [0.1, 0.15) is 11.5 Å². The number of anilines is 2. The van der Waals surface area contributed by atoms with Crippen LogP contribution in [-0.2, 0) is 9.59 Å². The molecule has 1 unspecified atom stereocenters. The zero-order chi connectivity index (χ0) is 20.4. The summed E-state index contributed by atoms with van der Waals surface area (Å²) in [5.41, 5.74) is 1.95. The number of hydrogen-bond donors (Lipinski definition) is 1. The van der Waals surface area contributed by atoms with Gasteiger partial charge >= 0.3 is 0 Å². The average Bonchev–Trinajstić information content (AvgIpc) is 3.15. The second kappa shape index (κ2) is 7.79. The summed E-state index contributed by atoms with van der Waals surface area (Å²) in [4.78, 5) is 31.5. The van der Waals surface area contributed by atoms with Crippen LogP contribution in [0.2, 0.25) is 0 Å². The van der Waals surface area contributed by atoms with E-state index in [0.29, 0.717) is 22.9 Å². The first-order valence-electron chi connectivity index (χ1n) is 9.27. The number of amides is 2. The summed E-state index contributed by atoms with van der Waals surface area (Å²) >= 11 is 0. The Morgan fingerprint density at radius 1 is 1.14 bits per heavy atom. The third kappa shape index (κ3) is 3.59. The number of carbonyl (C=O) groups is 2. The van der Waals surface area contributed by atoms with Crippen LogP contribution in [0.25, 0.3) is 10.9 Å². The lowest BCUT2D eigenvalue weighted by atomic mass is 10.1. The van der Waals surface area contributed by atoms with Crippen LogP contribution in [0.1, 0.15) is 6.42 Å². The second-order valence-corrected chi connectivity index (χ2v) is 6.81. The van der Waals surface area contributed by atoms with Crippen LogP contribution in [0.4, 0.5) is 11.4 Å². The number of hydrogen-bond acceptors (Lipinski definition) is 5. The van der Waals surface area contributed by atoms with Crippen LogP contribution >= 0.6 is 0 Å². The van der Waals surface area contributed by atoms with Crippen LogP contribution in [-0.4, -0.2) is 37.6 Å². The summed E-state index contributed by atoms with van der Waals surface area (Å²) in [7, 11) is 3.11. The number of aromatic nitrogens is 1. The normalized spacial score (nSPS) is 16.1. The van der Waals surface area contributed by atoms with Crippen molar-refractivity contribution in [2.75, 3.05) is 31.0 Å². The van der Waals surface area contributed by atoms with Gasteiger partial charge in [0.2, 0.25) is 11.8 Å². The zero-order valence-electron chi connectivity index (χ0n) is 16.2. The number of methoxy groups -OCH3 is 2. The molecule has 0 spiro atoms. The third-order valence-electron chi connectivity index (χ3n) is 5.06. The van der Waals surface area contributed by atoms with E-state index >= 15 is 0 Å². The van der Waals surface area contributed by atoms with Crippen LogP contribution in [0.3, 0.4) is 0 Å². The molecule has 1 aliphatic rings. The molecule has 4 rings (SSSR count). The number of para-hydroxylation sites is 1. The van der Waals surface area contributed by atoms with Crippen LogP contribution < -0.4 is 19.7 Å². The number of nitrogens with one attached hydrogen (secondary N) is 1. The van der Waals surface area contributed by atoms with Crippen molar-refractivity contribution in [3.8, 4) is 11.5 Å². The molecule has 0 bridgehead atoms. The molecule has 1 aliphatic heterocycles. The molecule has 2 aromatic carbocycles. The van der Waals surface area contributed by atoms with Gasteiger partial charge in [0.05, 0.1) is 37.0 Å². The number of carbonyl (C=O) groups excluding carboxylic acids is 2. The molecule has 29 heavy (non-hydrogen) atoms. The Labute approximate surface area is 168 Å². The predicted molar refractivity (Wildman–Crippen MR) is 110 cm³/mol. The second-order valence-electron chi connectivity index (χ2n) is 6.81. The maximum Gasteiger partial charge on any atom is 0.229 e. The highest BCUT2D eigenvalue weighted by Gasteiger charge is 2.36. The van der Waals surface area contributed by atoms with Crippen molar-refractivity contribution in [1.82, 2.24) is 4.98 Å². The number of benzene rings is 2. The van der Waals surface area contributed by atoms with E-state index in [4.69, 9.17) is 9.47 Å². The Morgan fingerprint density at radius 3 is 2.76 bits per heavy atom. The lowest BCUT2D eigenvalue weighted by Gasteiger charge is -2.20. The van der Waals surface area contributed by atoms with Crippen molar-refractivity contribution in [3.63, 3.8) is 0 Å². The monoisotopic (exact) mass is 391 g/mol. The molecule has 2 heterocycles.